The summed E-state index contributed by atoms with van der Waals surface area (Å²) in [4.78, 5) is 12.6. The molecule has 2 aromatic rings. The Morgan fingerprint density at radius 2 is 2.33 bits per heavy atom. The van der Waals surface area contributed by atoms with E-state index in [9.17, 15) is 9.90 Å². The molecule has 0 aliphatic carbocycles. The number of halogens is 1. The van der Waals surface area contributed by atoms with E-state index in [1.165, 1.54) is 18.4 Å². The first-order valence-electron chi connectivity index (χ1n) is 6.45. The van der Waals surface area contributed by atoms with E-state index in [0.717, 1.165) is 10.1 Å². The summed E-state index contributed by atoms with van der Waals surface area (Å²) in [5, 5.41) is 13.6. The van der Waals surface area contributed by atoms with Gasteiger partial charge in [-0.1, -0.05) is 11.6 Å². The van der Waals surface area contributed by atoms with Crippen molar-refractivity contribution in [3.05, 3.63) is 28.1 Å². The highest BCUT2D eigenvalue weighted by atomic mass is 35.5. The van der Waals surface area contributed by atoms with E-state index in [2.05, 4.69) is 5.32 Å². The van der Waals surface area contributed by atoms with E-state index < -0.39 is 6.10 Å². The predicted octanol–water partition coefficient (Wildman–Crippen LogP) is 2.26. The van der Waals surface area contributed by atoms with Gasteiger partial charge in [-0.15, -0.1) is 11.3 Å². The number of aliphatic hydroxyl groups excluding tert-OH is 1. The molecule has 0 aliphatic heterocycles. The largest absolute Gasteiger partial charge is 0.397 e. The first kappa shape index (κ1) is 16.0. The molecule has 7 heteroatoms. The summed E-state index contributed by atoms with van der Waals surface area (Å²) in [6, 6.07) is 5.36. The van der Waals surface area contributed by atoms with Crippen molar-refractivity contribution in [2.75, 3.05) is 26.0 Å². The number of rotatable bonds is 6. The topological polar surface area (TPSA) is 84.6 Å². The molecule has 1 aromatic carbocycles. The zero-order valence-corrected chi connectivity index (χ0v) is 13.1. The molecule has 21 heavy (non-hydrogen) atoms. The van der Waals surface area contributed by atoms with Crippen molar-refractivity contribution in [1.29, 1.82) is 0 Å². The molecular weight excluding hydrogens is 312 g/mol. The van der Waals surface area contributed by atoms with Crippen LogP contribution in [0.3, 0.4) is 0 Å². The minimum absolute atomic E-state index is 0.241. The normalized spacial score (nSPS) is 12.5. The van der Waals surface area contributed by atoms with Gasteiger partial charge in [0.25, 0.3) is 5.91 Å². The van der Waals surface area contributed by atoms with Crippen LogP contribution >= 0.6 is 22.9 Å². The van der Waals surface area contributed by atoms with E-state index in [1.807, 2.05) is 6.07 Å². The maximum absolute atomic E-state index is 12.1. The van der Waals surface area contributed by atoms with Crippen LogP contribution in [0.4, 0.5) is 5.69 Å². The van der Waals surface area contributed by atoms with Crippen LogP contribution in [0.25, 0.3) is 10.1 Å². The Morgan fingerprint density at radius 1 is 1.57 bits per heavy atom. The molecule has 0 aliphatic rings. The SMILES string of the molecule is COCC(O)CCNC(=O)c1sc2ccc(Cl)cc2c1N. The number of methoxy groups -OCH3 is 1. The monoisotopic (exact) mass is 328 g/mol. The maximum atomic E-state index is 12.1. The quantitative estimate of drug-likeness (QED) is 0.759. The summed E-state index contributed by atoms with van der Waals surface area (Å²) in [5.74, 6) is -0.241. The first-order chi connectivity index (χ1) is 10.0. The predicted molar refractivity (Wildman–Crippen MR) is 86.1 cm³/mol. The Bertz CT molecular complexity index is 644. The van der Waals surface area contributed by atoms with Gasteiger partial charge in [-0.3, -0.25) is 4.79 Å². The van der Waals surface area contributed by atoms with Crippen molar-refractivity contribution in [3.63, 3.8) is 0 Å². The fourth-order valence-corrected chi connectivity index (χ4v) is 3.16. The van der Waals surface area contributed by atoms with Crippen LogP contribution in [0.15, 0.2) is 18.2 Å². The van der Waals surface area contributed by atoms with E-state index in [0.29, 0.717) is 28.6 Å². The van der Waals surface area contributed by atoms with Gasteiger partial charge in [0.1, 0.15) is 4.88 Å². The number of hydrogen-bond acceptors (Lipinski definition) is 5. The zero-order valence-electron chi connectivity index (χ0n) is 11.6. The third kappa shape index (κ3) is 3.85. The number of ether oxygens (including phenoxy) is 1. The molecule has 1 atom stereocenters. The van der Waals surface area contributed by atoms with Gasteiger partial charge in [-0.2, -0.15) is 0 Å². The van der Waals surface area contributed by atoms with Crippen molar-refractivity contribution < 1.29 is 14.6 Å². The molecule has 0 radical (unpaired) electrons. The van der Waals surface area contributed by atoms with Gasteiger partial charge >= 0.3 is 0 Å². The maximum Gasteiger partial charge on any atom is 0.263 e. The summed E-state index contributed by atoms with van der Waals surface area (Å²) in [7, 11) is 1.52. The van der Waals surface area contributed by atoms with Crippen LogP contribution in [0, 0.1) is 0 Å². The molecule has 0 bridgehead atoms. The van der Waals surface area contributed by atoms with E-state index >= 15 is 0 Å². The third-order valence-corrected chi connectivity index (χ3v) is 4.44. The van der Waals surface area contributed by atoms with Gasteiger partial charge < -0.3 is 20.9 Å². The molecule has 114 valence electrons. The fraction of sp³-hybridized carbons (Fsp3) is 0.357. The number of nitrogens with one attached hydrogen (secondary N) is 1. The number of carbonyl (C=O) groups is 1. The third-order valence-electron chi connectivity index (χ3n) is 3.02. The van der Waals surface area contributed by atoms with Gasteiger partial charge in [0, 0.05) is 28.8 Å². The molecule has 0 spiro atoms. The lowest BCUT2D eigenvalue weighted by molar-refractivity contribution is 0.0588. The molecule has 1 heterocycles. The molecule has 1 aromatic heterocycles. The molecule has 0 fully saturated rings. The van der Waals surface area contributed by atoms with E-state index in [1.54, 1.807) is 12.1 Å². The second-order valence-corrected chi connectivity index (χ2v) is 6.13. The summed E-state index contributed by atoms with van der Waals surface area (Å²) in [6.07, 6.45) is -0.162. The highest BCUT2D eigenvalue weighted by Gasteiger charge is 2.16. The molecule has 4 N–H and O–H groups in total. The van der Waals surface area contributed by atoms with Gasteiger partial charge in [0.2, 0.25) is 0 Å². The van der Waals surface area contributed by atoms with Crippen LogP contribution < -0.4 is 11.1 Å². The molecular formula is C14H17ClN2O3S. The lowest BCUT2D eigenvalue weighted by atomic mass is 10.2. The average molecular weight is 329 g/mol. The van der Waals surface area contributed by atoms with E-state index in [-0.39, 0.29) is 12.5 Å². The first-order valence-corrected chi connectivity index (χ1v) is 7.65. The van der Waals surface area contributed by atoms with Crippen molar-refractivity contribution >= 4 is 44.6 Å². The number of anilines is 1. The van der Waals surface area contributed by atoms with Crippen LogP contribution in [0.1, 0.15) is 16.1 Å². The summed E-state index contributed by atoms with van der Waals surface area (Å²) in [5.41, 5.74) is 6.45. The molecule has 1 amide bonds. The smallest absolute Gasteiger partial charge is 0.263 e. The van der Waals surface area contributed by atoms with Crippen molar-refractivity contribution in [1.82, 2.24) is 5.32 Å². The second kappa shape index (κ2) is 7.09. The van der Waals surface area contributed by atoms with Crippen LogP contribution in [-0.2, 0) is 4.74 Å². The van der Waals surface area contributed by atoms with Gasteiger partial charge in [-0.25, -0.2) is 0 Å². The Kier molecular flexibility index (Phi) is 5.41. The lowest BCUT2D eigenvalue weighted by Gasteiger charge is -2.09. The van der Waals surface area contributed by atoms with E-state index in [4.69, 9.17) is 22.1 Å². The molecule has 0 saturated carbocycles. The lowest BCUT2D eigenvalue weighted by Crippen LogP contribution is -2.28. The number of nitrogen functional groups attached to an aromatic ring is 1. The summed E-state index contributed by atoms with van der Waals surface area (Å²) in [6.45, 7) is 0.608. The number of thiophene rings is 1. The molecule has 0 saturated heterocycles. The number of benzene rings is 1. The molecule has 5 nitrogen and oxygen atoms in total. The number of carbonyl (C=O) groups excluding carboxylic acids is 1. The Balaban J connectivity index is 2.04. The van der Waals surface area contributed by atoms with Crippen LogP contribution in [-0.4, -0.2) is 37.4 Å². The summed E-state index contributed by atoms with van der Waals surface area (Å²) < 4.78 is 5.74. The highest BCUT2D eigenvalue weighted by molar-refractivity contribution is 7.21. The molecule has 1 unspecified atom stereocenters. The number of amides is 1. The zero-order chi connectivity index (χ0) is 15.4. The van der Waals surface area contributed by atoms with Crippen molar-refractivity contribution in [2.24, 2.45) is 0 Å². The van der Waals surface area contributed by atoms with Crippen molar-refractivity contribution in [2.45, 2.75) is 12.5 Å². The van der Waals surface area contributed by atoms with Gasteiger partial charge in [-0.05, 0) is 24.6 Å². The fourth-order valence-electron chi connectivity index (χ4n) is 1.97. The minimum atomic E-state index is -0.589. The second-order valence-electron chi connectivity index (χ2n) is 4.64. The standard InChI is InChI=1S/C14H17ClN2O3S/c1-20-7-9(18)4-5-17-14(19)13-12(16)10-6-8(15)2-3-11(10)21-13/h2-3,6,9,18H,4-5,7,16H2,1H3,(H,17,19). The Morgan fingerprint density at radius 3 is 3.05 bits per heavy atom. The number of hydrogen-bond donors (Lipinski definition) is 3. The Labute approximate surface area is 131 Å². The van der Waals surface area contributed by atoms with Gasteiger partial charge in [0.15, 0.2) is 0 Å². The average Bonchev–Trinajstić information content (AvgIpc) is 2.76. The minimum Gasteiger partial charge on any atom is -0.397 e. The molecule has 2 rings (SSSR count). The van der Waals surface area contributed by atoms with Crippen LogP contribution in [0.2, 0.25) is 5.02 Å². The number of fused-ring (bicyclic) bond motifs is 1. The van der Waals surface area contributed by atoms with Gasteiger partial charge in [0.05, 0.1) is 18.4 Å². The van der Waals surface area contributed by atoms with Crippen LogP contribution in [0.5, 0.6) is 0 Å². The number of aliphatic hydroxyl groups is 1. The van der Waals surface area contributed by atoms with Crippen molar-refractivity contribution in [3.8, 4) is 0 Å². The number of nitrogens with two attached hydrogens (primary N) is 1. The highest BCUT2D eigenvalue weighted by Crippen LogP contribution is 2.35. The summed E-state index contributed by atoms with van der Waals surface area (Å²) >= 11 is 7.26. The Hall–Kier alpha value is -1.34.